The van der Waals surface area contributed by atoms with Gasteiger partial charge in [-0.05, 0) is 12.7 Å². The lowest BCUT2D eigenvalue weighted by molar-refractivity contribution is -0.144. The van der Waals surface area contributed by atoms with Crippen LogP contribution in [0.1, 0.15) is 12.8 Å². The molecule has 5 N–H and O–H groups in total. The smallest absolute Gasteiger partial charge is 0.451 e. The maximum absolute atomic E-state index is 12.1. The van der Waals surface area contributed by atoms with Crippen molar-refractivity contribution in [2.75, 3.05) is 27.2 Å². The second-order valence-corrected chi connectivity index (χ2v) is 7.68. The maximum atomic E-state index is 12.1. The molecule has 0 spiro atoms. The number of rotatable bonds is 7. The van der Waals surface area contributed by atoms with Gasteiger partial charge in [-0.2, -0.15) is 17.0 Å². The van der Waals surface area contributed by atoms with E-state index in [1.165, 1.54) is 14.1 Å². The third-order valence-electron chi connectivity index (χ3n) is 3.79. The lowest BCUT2D eigenvalue weighted by Crippen LogP contribution is -2.55. The van der Waals surface area contributed by atoms with Crippen molar-refractivity contribution in [3.8, 4) is 0 Å². The van der Waals surface area contributed by atoms with Gasteiger partial charge in [0.2, 0.25) is 0 Å². The van der Waals surface area contributed by atoms with Crippen LogP contribution in [0.2, 0.25) is 6.32 Å². The average molecular weight is 323 g/mol. The Morgan fingerprint density at radius 3 is 2.48 bits per heavy atom. The maximum Gasteiger partial charge on any atom is 0.451 e. The van der Waals surface area contributed by atoms with Crippen LogP contribution >= 0.6 is 0 Å². The molecule has 1 aliphatic heterocycles. The molecule has 21 heavy (non-hydrogen) atoms. The van der Waals surface area contributed by atoms with Crippen molar-refractivity contribution in [1.82, 2.24) is 8.61 Å². The van der Waals surface area contributed by atoms with E-state index in [1.807, 2.05) is 0 Å². The van der Waals surface area contributed by atoms with Gasteiger partial charge in [0.15, 0.2) is 0 Å². The molecular formula is C10H22BN3O6S. The Labute approximate surface area is 124 Å². The Hall–Kier alpha value is -0.715. The summed E-state index contributed by atoms with van der Waals surface area (Å²) in [5, 5.41) is 26.9. The number of carboxylic acid groups (broad SMARTS) is 1. The molecule has 0 amide bonds. The Morgan fingerprint density at radius 2 is 2.05 bits per heavy atom. The Bertz CT molecular complexity index is 485. The predicted octanol–water partition coefficient (Wildman–Crippen LogP) is -2.24. The minimum atomic E-state index is -3.73. The van der Waals surface area contributed by atoms with Crippen LogP contribution in [0.3, 0.4) is 0 Å². The summed E-state index contributed by atoms with van der Waals surface area (Å²) in [6.07, 6.45) is 0.747. The van der Waals surface area contributed by atoms with Gasteiger partial charge in [0.05, 0.1) is 0 Å². The van der Waals surface area contributed by atoms with Gasteiger partial charge in [-0.25, -0.2) is 0 Å². The van der Waals surface area contributed by atoms with Gasteiger partial charge in [-0.1, -0.05) is 6.42 Å². The van der Waals surface area contributed by atoms with E-state index in [1.54, 1.807) is 0 Å². The molecule has 2 atom stereocenters. The summed E-state index contributed by atoms with van der Waals surface area (Å²) in [6.45, 7) is -0.292. The Kier molecular flexibility index (Phi) is 5.75. The number of nitrogens with zero attached hydrogens (tertiary/aromatic N) is 2. The summed E-state index contributed by atoms with van der Waals surface area (Å²) < 4.78 is 26.3. The van der Waals surface area contributed by atoms with E-state index in [0.717, 1.165) is 8.61 Å². The minimum absolute atomic E-state index is 0.00480. The van der Waals surface area contributed by atoms with Crippen molar-refractivity contribution < 1.29 is 28.4 Å². The van der Waals surface area contributed by atoms with Crippen molar-refractivity contribution in [3.63, 3.8) is 0 Å². The molecule has 11 heteroatoms. The van der Waals surface area contributed by atoms with Crippen molar-refractivity contribution in [2.45, 2.75) is 24.7 Å². The van der Waals surface area contributed by atoms with Gasteiger partial charge in [-0.3, -0.25) is 4.79 Å². The Morgan fingerprint density at radius 1 is 1.48 bits per heavy atom. The van der Waals surface area contributed by atoms with Crippen molar-refractivity contribution >= 4 is 23.3 Å². The van der Waals surface area contributed by atoms with E-state index in [2.05, 4.69) is 0 Å². The molecule has 0 aliphatic carbocycles. The van der Waals surface area contributed by atoms with Crippen LogP contribution in [-0.2, 0) is 15.0 Å². The molecule has 1 saturated heterocycles. The zero-order valence-electron chi connectivity index (χ0n) is 12.1. The number of hydrogen-bond acceptors (Lipinski definition) is 6. The summed E-state index contributed by atoms with van der Waals surface area (Å²) >= 11 is 0. The first-order valence-corrected chi connectivity index (χ1v) is 7.97. The molecule has 0 unspecified atom stereocenters. The molecule has 1 heterocycles. The minimum Gasteiger partial charge on any atom is -0.480 e. The van der Waals surface area contributed by atoms with Crippen LogP contribution in [0.25, 0.3) is 0 Å². The van der Waals surface area contributed by atoms with Crippen LogP contribution in [-0.4, -0.2) is 78.0 Å². The van der Waals surface area contributed by atoms with Crippen molar-refractivity contribution in [2.24, 2.45) is 11.7 Å². The Balaban J connectivity index is 2.88. The monoisotopic (exact) mass is 323 g/mol. The highest BCUT2D eigenvalue weighted by molar-refractivity contribution is 7.86. The molecule has 0 radical (unpaired) electrons. The second-order valence-electron chi connectivity index (χ2n) is 5.54. The van der Waals surface area contributed by atoms with Crippen LogP contribution in [0.5, 0.6) is 0 Å². The zero-order chi connectivity index (χ0) is 16.4. The molecule has 9 nitrogen and oxygen atoms in total. The number of carbonyl (C=O) groups is 1. The highest BCUT2D eigenvalue weighted by Gasteiger charge is 2.52. The van der Waals surface area contributed by atoms with Gasteiger partial charge in [0.25, 0.3) is 10.2 Å². The van der Waals surface area contributed by atoms with E-state index >= 15 is 0 Å². The van der Waals surface area contributed by atoms with E-state index in [-0.39, 0.29) is 19.4 Å². The fraction of sp³-hybridized carbons (Fsp3) is 0.900. The first-order valence-electron chi connectivity index (χ1n) is 6.58. The van der Waals surface area contributed by atoms with E-state index in [0.29, 0.717) is 12.8 Å². The van der Waals surface area contributed by atoms with E-state index in [9.17, 15) is 18.3 Å². The zero-order valence-corrected chi connectivity index (χ0v) is 13.0. The van der Waals surface area contributed by atoms with Gasteiger partial charge >= 0.3 is 13.1 Å². The fourth-order valence-electron chi connectivity index (χ4n) is 2.44. The van der Waals surface area contributed by atoms with Crippen LogP contribution < -0.4 is 5.73 Å². The summed E-state index contributed by atoms with van der Waals surface area (Å²) in [7, 11) is -2.47. The third-order valence-corrected chi connectivity index (χ3v) is 5.64. The van der Waals surface area contributed by atoms with E-state index in [4.69, 9.17) is 15.8 Å². The van der Waals surface area contributed by atoms with Gasteiger partial charge in [-0.15, -0.1) is 0 Å². The van der Waals surface area contributed by atoms with Crippen molar-refractivity contribution in [1.29, 1.82) is 0 Å². The summed E-state index contributed by atoms with van der Waals surface area (Å²) in [4.78, 5) is 11.4. The topological polar surface area (TPSA) is 144 Å². The lowest BCUT2D eigenvalue weighted by Gasteiger charge is -2.25. The quantitative estimate of drug-likeness (QED) is 0.388. The predicted molar refractivity (Wildman–Crippen MR) is 76.5 cm³/mol. The third kappa shape index (κ3) is 3.93. The number of nitrogens with two attached hydrogens (primary N) is 1. The number of aliphatic carboxylic acids is 1. The number of carboxylic acids is 1. The summed E-state index contributed by atoms with van der Waals surface area (Å²) in [6, 6.07) is 0. The molecular weight excluding hydrogens is 301 g/mol. The normalized spacial score (nSPS) is 27.2. The molecule has 0 aromatic carbocycles. The molecule has 0 bridgehead atoms. The highest BCUT2D eigenvalue weighted by atomic mass is 32.2. The largest absolute Gasteiger partial charge is 0.480 e. The van der Waals surface area contributed by atoms with Crippen molar-refractivity contribution in [3.05, 3.63) is 0 Å². The summed E-state index contributed by atoms with van der Waals surface area (Å²) in [5.74, 6) is -1.84. The highest BCUT2D eigenvalue weighted by Crippen LogP contribution is 2.32. The van der Waals surface area contributed by atoms with E-state index < -0.39 is 34.8 Å². The van der Waals surface area contributed by atoms with Crippen LogP contribution in [0, 0.1) is 5.92 Å². The average Bonchev–Trinajstić information content (AvgIpc) is 2.68. The van der Waals surface area contributed by atoms with Gasteiger partial charge in [0.1, 0.15) is 5.54 Å². The molecule has 0 aromatic rings. The van der Waals surface area contributed by atoms with Crippen LogP contribution in [0.4, 0.5) is 0 Å². The molecule has 1 fully saturated rings. The molecule has 0 saturated carbocycles. The molecule has 0 aromatic heterocycles. The first kappa shape index (κ1) is 18.3. The fourth-order valence-corrected chi connectivity index (χ4v) is 3.65. The second kappa shape index (κ2) is 6.59. The summed E-state index contributed by atoms with van der Waals surface area (Å²) in [5.41, 5.74) is 4.24. The van der Waals surface area contributed by atoms with Gasteiger partial charge < -0.3 is 20.9 Å². The molecule has 122 valence electrons. The van der Waals surface area contributed by atoms with Gasteiger partial charge in [0, 0.05) is 33.1 Å². The molecule has 1 aliphatic rings. The first-order chi connectivity index (χ1) is 9.51. The lowest BCUT2D eigenvalue weighted by atomic mass is 9.78. The number of hydrogen-bond donors (Lipinski definition) is 4. The molecule has 1 rings (SSSR count). The van der Waals surface area contributed by atoms with Crippen LogP contribution in [0.15, 0.2) is 0 Å². The standard InChI is InChI=1S/C10H22BN3O6S/c1-13(2)21(19,20)14-6-8(4-3-5-11(17)18)10(12,7-14)9(15)16/h8,17-18H,3-7,12H2,1-2H3,(H,15,16)/t8-,10-/m0/s1. The SMILES string of the molecule is CN(C)S(=O)(=O)N1C[C@H](CCCB(O)O)[C@](N)(C(=O)O)C1.